The fraction of sp³-hybridized carbons (Fsp3) is 0.478. The number of hydrogen-bond donors (Lipinski definition) is 1. The first-order valence-electron chi connectivity index (χ1n) is 10.8. The lowest BCUT2D eigenvalue weighted by Gasteiger charge is -2.40. The van der Waals surface area contributed by atoms with Crippen molar-refractivity contribution in [2.45, 2.75) is 40.5 Å². The number of nitrogens with one attached hydrogen (secondary N) is 1. The molecule has 164 valence electrons. The Morgan fingerprint density at radius 1 is 1.19 bits per heavy atom. The fourth-order valence-electron chi connectivity index (χ4n) is 4.29. The summed E-state index contributed by atoms with van der Waals surface area (Å²) in [5.41, 5.74) is 2.77. The zero-order chi connectivity index (χ0) is 22.0. The number of halogens is 1. The van der Waals surface area contributed by atoms with E-state index in [0.29, 0.717) is 40.9 Å². The molecule has 1 aliphatic rings. The predicted octanol–water partition coefficient (Wildman–Crippen LogP) is 4.73. The van der Waals surface area contributed by atoms with Crippen molar-refractivity contribution < 1.29 is 9.13 Å². The number of nitrogens with zero attached hydrogens (tertiary/aromatic N) is 5. The Balaban J connectivity index is 1.69. The number of piperidine rings is 1. The molecule has 3 aromatic rings. The van der Waals surface area contributed by atoms with Crippen molar-refractivity contribution >= 4 is 5.69 Å². The Bertz CT molecular complexity index is 1010. The lowest BCUT2D eigenvalue weighted by molar-refractivity contribution is 0.199. The van der Waals surface area contributed by atoms with Crippen LogP contribution < -0.4 is 9.64 Å². The third-order valence-corrected chi connectivity index (χ3v) is 6.06. The van der Waals surface area contributed by atoms with Crippen LogP contribution in [0.5, 0.6) is 5.88 Å². The van der Waals surface area contributed by atoms with Crippen LogP contribution in [0.4, 0.5) is 10.1 Å². The molecule has 2 aromatic heterocycles. The van der Waals surface area contributed by atoms with Crippen LogP contribution >= 0.6 is 0 Å². The fourth-order valence-corrected chi connectivity index (χ4v) is 4.29. The van der Waals surface area contributed by atoms with Gasteiger partial charge in [-0.2, -0.15) is 5.21 Å². The maximum Gasteiger partial charge on any atom is 0.213 e. The summed E-state index contributed by atoms with van der Waals surface area (Å²) in [5.74, 6) is 1.20. The predicted molar refractivity (Wildman–Crippen MR) is 118 cm³/mol. The van der Waals surface area contributed by atoms with E-state index in [4.69, 9.17) is 4.74 Å². The number of rotatable bonds is 5. The quantitative estimate of drug-likeness (QED) is 0.638. The third kappa shape index (κ3) is 4.52. The molecule has 1 fully saturated rings. The number of H-pyrrole nitrogens is 1. The summed E-state index contributed by atoms with van der Waals surface area (Å²) in [4.78, 5) is 6.53. The minimum atomic E-state index is -0.332. The number of hydrogen-bond acceptors (Lipinski definition) is 6. The molecule has 1 N–H and O–H groups in total. The molecule has 3 heterocycles. The molecule has 7 nitrogen and oxygen atoms in total. The minimum Gasteiger partial charge on any atom is -0.478 e. The van der Waals surface area contributed by atoms with E-state index >= 15 is 4.39 Å². The SMILES string of the molecule is CCOc1ccc(-c2c(F)cc(N3CCC(C(C)(C)C)CC3)cc2-c2nn[nH]n2)cn1. The molecule has 1 aliphatic heterocycles. The van der Waals surface area contributed by atoms with Crippen molar-refractivity contribution in [3.05, 3.63) is 36.3 Å². The van der Waals surface area contributed by atoms with Gasteiger partial charge in [-0.3, -0.25) is 0 Å². The lowest BCUT2D eigenvalue weighted by Crippen LogP contribution is -2.38. The van der Waals surface area contributed by atoms with E-state index in [9.17, 15) is 0 Å². The first-order valence-corrected chi connectivity index (χ1v) is 10.8. The van der Waals surface area contributed by atoms with Gasteiger partial charge in [-0.15, -0.1) is 10.2 Å². The van der Waals surface area contributed by atoms with E-state index in [1.165, 1.54) is 0 Å². The third-order valence-electron chi connectivity index (χ3n) is 6.06. The summed E-state index contributed by atoms with van der Waals surface area (Å²) >= 11 is 0. The highest BCUT2D eigenvalue weighted by atomic mass is 19.1. The Morgan fingerprint density at radius 2 is 1.97 bits per heavy atom. The lowest BCUT2D eigenvalue weighted by atomic mass is 9.75. The highest BCUT2D eigenvalue weighted by Crippen LogP contribution is 2.39. The monoisotopic (exact) mass is 424 g/mol. The molecule has 0 radical (unpaired) electrons. The van der Waals surface area contributed by atoms with Crippen molar-refractivity contribution in [3.8, 4) is 28.4 Å². The molecular weight excluding hydrogens is 395 g/mol. The molecule has 0 atom stereocenters. The maximum atomic E-state index is 15.5. The van der Waals surface area contributed by atoms with Crippen molar-refractivity contribution in [1.82, 2.24) is 25.6 Å². The number of tetrazole rings is 1. The van der Waals surface area contributed by atoms with Gasteiger partial charge >= 0.3 is 0 Å². The summed E-state index contributed by atoms with van der Waals surface area (Å²) in [6.45, 7) is 11.1. The van der Waals surface area contributed by atoms with E-state index in [1.807, 2.05) is 13.0 Å². The summed E-state index contributed by atoms with van der Waals surface area (Å²) in [5, 5.41) is 14.4. The van der Waals surface area contributed by atoms with Gasteiger partial charge in [0.25, 0.3) is 0 Å². The van der Waals surface area contributed by atoms with E-state index in [0.717, 1.165) is 31.6 Å². The second-order valence-electron chi connectivity index (χ2n) is 9.03. The van der Waals surface area contributed by atoms with Crippen LogP contribution in [-0.4, -0.2) is 45.3 Å². The van der Waals surface area contributed by atoms with Gasteiger partial charge in [-0.25, -0.2) is 9.37 Å². The van der Waals surface area contributed by atoms with Gasteiger partial charge < -0.3 is 9.64 Å². The van der Waals surface area contributed by atoms with Gasteiger partial charge in [0.05, 0.1) is 6.61 Å². The largest absolute Gasteiger partial charge is 0.478 e. The maximum absolute atomic E-state index is 15.5. The van der Waals surface area contributed by atoms with Crippen LogP contribution in [0.15, 0.2) is 30.5 Å². The highest BCUT2D eigenvalue weighted by molar-refractivity contribution is 5.83. The minimum absolute atomic E-state index is 0.289. The zero-order valence-corrected chi connectivity index (χ0v) is 18.5. The van der Waals surface area contributed by atoms with E-state index in [-0.39, 0.29) is 11.2 Å². The second-order valence-corrected chi connectivity index (χ2v) is 9.03. The number of benzene rings is 1. The van der Waals surface area contributed by atoms with Gasteiger partial charge in [-0.05, 0) is 54.5 Å². The molecule has 0 amide bonds. The van der Waals surface area contributed by atoms with Gasteiger partial charge in [-0.1, -0.05) is 20.8 Å². The van der Waals surface area contributed by atoms with E-state index in [1.54, 1.807) is 24.4 Å². The topological polar surface area (TPSA) is 79.8 Å². The number of aromatic nitrogens is 5. The van der Waals surface area contributed by atoms with E-state index in [2.05, 4.69) is 51.3 Å². The number of aromatic amines is 1. The van der Waals surface area contributed by atoms with Crippen molar-refractivity contribution in [3.63, 3.8) is 0 Å². The molecule has 0 aliphatic carbocycles. The first-order chi connectivity index (χ1) is 14.9. The van der Waals surface area contributed by atoms with Crippen molar-refractivity contribution in [2.24, 2.45) is 11.3 Å². The molecular formula is C23H29FN6O. The van der Waals surface area contributed by atoms with Crippen LogP contribution in [0.1, 0.15) is 40.5 Å². The average Bonchev–Trinajstić information content (AvgIpc) is 3.28. The Kier molecular flexibility index (Phi) is 5.89. The molecule has 8 heteroatoms. The molecule has 0 bridgehead atoms. The van der Waals surface area contributed by atoms with Crippen LogP contribution in [0.3, 0.4) is 0 Å². The number of pyridine rings is 1. The normalized spacial score (nSPS) is 15.3. The second kappa shape index (κ2) is 8.61. The van der Waals surface area contributed by atoms with Gasteiger partial charge in [0.1, 0.15) is 5.82 Å². The van der Waals surface area contributed by atoms with Crippen LogP contribution in [0, 0.1) is 17.2 Å². The zero-order valence-electron chi connectivity index (χ0n) is 18.5. The van der Waals surface area contributed by atoms with Gasteiger partial charge in [0.2, 0.25) is 11.7 Å². The van der Waals surface area contributed by atoms with Crippen molar-refractivity contribution in [1.29, 1.82) is 0 Å². The summed E-state index contributed by atoms with van der Waals surface area (Å²) < 4.78 is 20.9. The standard InChI is InChI=1S/C23H29FN6O/c1-5-31-20-7-6-15(14-25-20)21-18(22-26-28-29-27-22)12-17(13-19(21)24)30-10-8-16(9-11-30)23(2,3)4/h6-7,12-14,16H,5,8-11H2,1-4H3,(H,26,27,28,29). The average molecular weight is 425 g/mol. The van der Waals surface area contributed by atoms with Crippen LogP contribution in [0.2, 0.25) is 0 Å². The van der Waals surface area contributed by atoms with E-state index < -0.39 is 0 Å². The van der Waals surface area contributed by atoms with Crippen LogP contribution in [-0.2, 0) is 0 Å². The first kappa shape index (κ1) is 21.2. The molecule has 1 saturated heterocycles. The van der Waals surface area contributed by atoms with Gasteiger partial charge in [0.15, 0.2) is 0 Å². The Labute approximate surface area is 182 Å². The molecule has 0 spiro atoms. The summed E-state index contributed by atoms with van der Waals surface area (Å²) in [6.07, 6.45) is 3.79. The molecule has 1 aromatic carbocycles. The van der Waals surface area contributed by atoms with Crippen molar-refractivity contribution in [2.75, 3.05) is 24.6 Å². The smallest absolute Gasteiger partial charge is 0.213 e. The molecule has 4 rings (SSSR count). The summed E-state index contributed by atoms with van der Waals surface area (Å²) in [6, 6.07) is 7.10. The molecule has 0 saturated carbocycles. The molecule has 31 heavy (non-hydrogen) atoms. The van der Waals surface area contributed by atoms with Gasteiger partial charge in [0, 0.05) is 47.7 Å². The summed E-state index contributed by atoms with van der Waals surface area (Å²) in [7, 11) is 0. The van der Waals surface area contributed by atoms with Crippen LogP contribution in [0.25, 0.3) is 22.5 Å². The number of ether oxygens (including phenoxy) is 1. The Hall–Kier alpha value is -3.03. The Morgan fingerprint density at radius 3 is 2.55 bits per heavy atom. The highest BCUT2D eigenvalue weighted by Gasteiger charge is 2.29. The number of anilines is 1. The molecule has 0 unspecified atom stereocenters.